The van der Waals surface area contributed by atoms with Crippen LogP contribution in [-0.4, -0.2) is 39.0 Å². The maximum atomic E-state index is 5.49. The van der Waals surface area contributed by atoms with E-state index in [1.54, 1.807) is 0 Å². The Morgan fingerprint density at radius 1 is 1.38 bits per heavy atom. The van der Waals surface area contributed by atoms with E-state index in [0.717, 1.165) is 45.2 Å². The van der Waals surface area contributed by atoms with Gasteiger partial charge in [-0.15, -0.1) is 0 Å². The Kier molecular flexibility index (Phi) is 7.81. The lowest BCUT2D eigenvalue weighted by Gasteiger charge is -2.22. The molecule has 1 rings (SSSR count). The Hall–Kier alpha value is -0.120. The number of ether oxygens (including phenoxy) is 2. The lowest BCUT2D eigenvalue weighted by Crippen LogP contribution is -2.29. The van der Waals surface area contributed by atoms with Gasteiger partial charge in [-0.2, -0.15) is 0 Å². The van der Waals surface area contributed by atoms with Crippen LogP contribution in [0.5, 0.6) is 0 Å². The van der Waals surface area contributed by atoms with E-state index < -0.39 is 0 Å². The normalized spacial score (nSPS) is 21.6. The van der Waals surface area contributed by atoms with Crippen molar-refractivity contribution in [2.45, 2.75) is 45.6 Å². The highest BCUT2D eigenvalue weighted by atomic mass is 16.5. The average molecular weight is 229 g/mol. The molecule has 0 aromatic rings. The zero-order chi connectivity index (χ0) is 11.6. The molecule has 1 N–H and O–H groups in total. The standard InChI is InChI=1S/C13H27NO2/c1-12(2)16-9-4-3-7-14-10-13-6-5-8-15-11-13/h12-14H,3-11H2,1-2H3. The molecule has 0 aromatic carbocycles. The summed E-state index contributed by atoms with van der Waals surface area (Å²) in [6, 6.07) is 0. The highest BCUT2D eigenvalue weighted by molar-refractivity contribution is 4.65. The molecule has 1 heterocycles. The van der Waals surface area contributed by atoms with Gasteiger partial charge in [0.25, 0.3) is 0 Å². The molecule has 1 unspecified atom stereocenters. The molecule has 3 nitrogen and oxygen atoms in total. The van der Waals surface area contributed by atoms with Crippen LogP contribution in [0.1, 0.15) is 39.5 Å². The highest BCUT2D eigenvalue weighted by Gasteiger charge is 2.12. The first-order valence-corrected chi connectivity index (χ1v) is 6.69. The first-order valence-electron chi connectivity index (χ1n) is 6.69. The van der Waals surface area contributed by atoms with Crippen LogP contribution in [0.2, 0.25) is 0 Å². The van der Waals surface area contributed by atoms with Crippen molar-refractivity contribution >= 4 is 0 Å². The van der Waals surface area contributed by atoms with E-state index in [0.29, 0.717) is 6.10 Å². The molecule has 1 atom stereocenters. The van der Waals surface area contributed by atoms with Gasteiger partial charge in [-0.1, -0.05) is 0 Å². The summed E-state index contributed by atoms with van der Waals surface area (Å²) < 4.78 is 10.9. The molecule has 0 spiro atoms. The fraction of sp³-hybridized carbons (Fsp3) is 1.00. The van der Waals surface area contributed by atoms with Crippen molar-refractivity contribution in [3.8, 4) is 0 Å². The van der Waals surface area contributed by atoms with Crippen molar-refractivity contribution in [1.29, 1.82) is 0 Å². The van der Waals surface area contributed by atoms with E-state index in [1.807, 2.05) is 0 Å². The van der Waals surface area contributed by atoms with E-state index in [2.05, 4.69) is 19.2 Å². The zero-order valence-electron chi connectivity index (χ0n) is 10.8. The van der Waals surface area contributed by atoms with E-state index in [4.69, 9.17) is 9.47 Å². The van der Waals surface area contributed by atoms with Gasteiger partial charge in [-0.25, -0.2) is 0 Å². The van der Waals surface area contributed by atoms with Gasteiger partial charge in [0.15, 0.2) is 0 Å². The Labute approximate surface area is 99.9 Å². The molecule has 0 radical (unpaired) electrons. The maximum absolute atomic E-state index is 5.49. The molecule has 1 saturated heterocycles. The lowest BCUT2D eigenvalue weighted by molar-refractivity contribution is 0.0545. The van der Waals surface area contributed by atoms with Gasteiger partial charge < -0.3 is 14.8 Å². The smallest absolute Gasteiger partial charge is 0.0518 e. The quantitative estimate of drug-likeness (QED) is 0.647. The van der Waals surface area contributed by atoms with Gasteiger partial charge in [0.05, 0.1) is 12.7 Å². The predicted octanol–water partition coefficient (Wildman–Crippen LogP) is 2.21. The van der Waals surface area contributed by atoms with Crippen LogP contribution < -0.4 is 5.32 Å². The van der Waals surface area contributed by atoms with E-state index in [1.165, 1.54) is 19.3 Å². The minimum atomic E-state index is 0.368. The molecule has 16 heavy (non-hydrogen) atoms. The third-order valence-electron chi connectivity index (χ3n) is 2.89. The van der Waals surface area contributed by atoms with Gasteiger partial charge >= 0.3 is 0 Å². The second-order valence-electron chi connectivity index (χ2n) is 4.91. The molecular formula is C13H27NO2. The molecule has 96 valence electrons. The first-order chi connectivity index (χ1) is 7.79. The van der Waals surface area contributed by atoms with Crippen molar-refractivity contribution in [3.63, 3.8) is 0 Å². The summed E-state index contributed by atoms with van der Waals surface area (Å²) in [6.07, 6.45) is 5.29. The van der Waals surface area contributed by atoms with Gasteiger partial charge in [-0.3, -0.25) is 0 Å². The van der Waals surface area contributed by atoms with Crippen LogP contribution in [0.25, 0.3) is 0 Å². The molecule has 1 fully saturated rings. The fourth-order valence-corrected chi connectivity index (χ4v) is 1.95. The number of hydrogen-bond acceptors (Lipinski definition) is 3. The summed E-state index contributed by atoms with van der Waals surface area (Å²) in [5.74, 6) is 0.737. The Bertz CT molecular complexity index is 156. The van der Waals surface area contributed by atoms with Gasteiger partial charge in [0.1, 0.15) is 0 Å². The van der Waals surface area contributed by atoms with Crippen molar-refractivity contribution in [3.05, 3.63) is 0 Å². The second kappa shape index (κ2) is 8.97. The van der Waals surface area contributed by atoms with Crippen molar-refractivity contribution in [1.82, 2.24) is 5.32 Å². The van der Waals surface area contributed by atoms with Crippen LogP contribution >= 0.6 is 0 Å². The van der Waals surface area contributed by atoms with Crippen LogP contribution in [0.3, 0.4) is 0 Å². The molecule has 3 heteroatoms. The Morgan fingerprint density at radius 3 is 2.94 bits per heavy atom. The molecule has 0 saturated carbocycles. The SMILES string of the molecule is CC(C)OCCCCNCC1CCCOC1. The van der Waals surface area contributed by atoms with Gasteiger partial charge in [0.2, 0.25) is 0 Å². The summed E-state index contributed by atoms with van der Waals surface area (Å²) in [5, 5.41) is 3.51. The molecule has 0 aromatic heterocycles. The second-order valence-corrected chi connectivity index (χ2v) is 4.91. The minimum absolute atomic E-state index is 0.368. The van der Waals surface area contributed by atoms with Crippen LogP contribution in [0, 0.1) is 5.92 Å². The molecule has 1 aliphatic heterocycles. The largest absolute Gasteiger partial charge is 0.381 e. The molecular weight excluding hydrogens is 202 g/mol. The Morgan fingerprint density at radius 2 is 2.25 bits per heavy atom. The third-order valence-corrected chi connectivity index (χ3v) is 2.89. The molecule has 0 bridgehead atoms. The summed E-state index contributed by atoms with van der Waals surface area (Å²) in [4.78, 5) is 0. The lowest BCUT2D eigenvalue weighted by atomic mass is 10.0. The maximum Gasteiger partial charge on any atom is 0.0518 e. The number of nitrogens with one attached hydrogen (secondary N) is 1. The summed E-state index contributed by atoms with van der Waals surface area (Å²) >= 11 is 0. The molecule has 0 aliphatic carbocycles. The van der Waals surface area contributed by atoms with E-state index in [-0.39, 0.29) is 0 Å². The molecule has 1 aliphatic rings. The van der Waals surface area contributed by atoms with Crippen LogP contribution in [-0.2, 0) is 9.47 Å². The molecule has 0 amide bonds. The predicted molar refractivity (Wildman–Crippen MR) is 66.7 cm³/mol. The first kappa shape index (κ1) is 13.9. The van der Waals surface area contributed by atoms with E-state index >= 15 is 0 Å². The fourth-order valence-electron chi connectivity index (χ4n) is 1.95. The minimum Gasteiger partial charge on any atom is -0.381 e. The topological polar surface area (TPSA) is 30.5 Å². The van der Waals surface area contributed by atoms with Crippen molar-refractivity contribution < 1.29 is 9.47 Å². The van der Waals surface area contributed by atoms with Crippen molar-refractivity contribution in [2.24, 2.45) is 5.92 Å². The zero-order valence-corrected chi connectivity index (χ0v) is 10.8. The monoisotopic (exact) mass is 229 g/mol. The third kappa shape index (κ3) is 7.20. The highest BCUT2D eigenvalue weighted by Crippen LogP contribution is 2.11. The van der Waals surface area contributed by atoms with E-state index in [9.17, 15) is 0 Å². The van der Waals surface area contributed by atoms with Crippen molar-refractivity contribution in [2.75, 3.05) is 32.9 Å². The number of unbranched alkanes of at least 4 members (excludes halogenated alkanes) is 1. The average Bonchev–Trinajstić information content (AvgIpc) is 2.29. The Balaban J connectivity index is 1.80. The van der Waals surface area contributed by atoms with Gasteiger partial charge in [-0.05, 0) is 52.0 Å². The summed E-state index contributed by atoms with van der Waals surface area (Å²) in [7, 11) is 0. The van der Waals surface area contributed by atoms with Gasteiger partial charge in [0, 0.05) is 19.8 Å². The number of rotatable bonds is 8. The van der Waals surface area contributed by atoms with Crippen LogP contribution in [0.15, 0.2) is 0 Å². The summed E-state index contributed by atoms with van der Waals surface area (Å²) in [5.41, 5.74) is 0. The van der Waals surface area contributed by atoms with Crippen LogP contribution in [0.4, 0.5) is 0 Å². The summed E-state index contributed by atoms with van der Waals surface area (Å²) in [6.45, 7) is 9.20. The number of hydrogen-bond donors (Lipinski definition) is 1.